The molecule has 6 heteroatoms. The quantitative estimate of drug-likeness (QED) is 0.745. The Kier molecular flexibility index (Phi) is 7.62. The maximum Gasteiger partial charge on any atom is 0.387 e. The fourth-order valence-corrected chi connectivity index (χ4v) is 3.50. The average molecular weight is 354 g/mol. The van der Waals surface area contributed by atoms with Crippen LogP contribution in [-0.2, 0) is 4.79 Å². The van der Waals surface area contributed by atoms with E-state index in [-0.39, 0.29) is 17.7 Å². The van der Waals surface area contributed by atoms with E-state index in [1.165, 1.54) is 6.07 Å². The number of amides is 1. The predicted molar refractivity (Wildman–Crippen MR) is 93.6 cm³/mol. The normalized spacial score (nSPS) is 18.0. The molecule has 2 N–H and O–H groups in total. The minimum absolute atomic E-state index is 0.0373. The molecule has 1 heterocycles. The van der Waals surface area contributed by atoms with Crippen molar-refractivity contribution in [3.8, 4) is 5.75 Å². The fraction of sp³-hybridized carbons (Fsp3) is 0.632. The van der Waals surface area contributed by atoms with Gasteiger partial charge in [0.2, 0.25) is 5.91 Å². The molecule has 2 atom stereocenters. The summed E-state index contributed by atoms with van der Waals surface area (Å²) in [4.78, 5) is 12.5. The molecule has 140 valence electrons. The van der Waals surface area contributed by atoms with Gasteiger partial charge in [-0.2, -0.15) is 8.78 Å². The van der Waals surface area contributed by atoms with Gasteiger partial charge in [0.25, 0.3) is 0 Å². The van der Waals surface area contributed by atoms with E-state index in [0.717, 1.165) is 25.9 Å². The lowest BCUT2D eigenvalue weighted by Crippen LogP contribution is -2.34. The van der Waals surface area contributed by atoms with E-state index in [4.69, 9.17) is 0 Å². The molecular formula is C19H28F2N2O2. The maximum absolute atomic E-state index is 12.6. The molecule has 1 fully saturated rings. The van der Waals surface area contributed by atoms with Crippen LogP contribution >= 0.6 is 0 Å². The summed E-state index contributed by atoms with van der Waals surface area (Å²) in [6.07, 6.45) is 3.25. The maximum atomic E-state index is 12.6. The molecule has 0 aliphatic carbocycles. The van der Waals surface area contributed by atoms with Gasteiger partial charge < -0.3 is 15.4 Å². The molecule has 1 aliphatic rings. The number of alkyl halides is 2. The zero-order chi connectivity index (χ0) is 18.2. The number of hydrogen-bond donors (Lipinski definition) is 2. The first-order valence-electron chi connectivity index (χ1n) is 9.05. The van der Waals surface area contributed by atoms with Crippen LogP contribution in [0.1, 0.15) is 51.1 Å². The van der Waals surface area contributed by atoms with Gasteiger partial charge in [-0.15, -0.1) is 0 Å². The van der Waals surface area contributed by atoms with Crippen molar-refractivity contribution in [1.82, 2.24) is 10.6 Å². The van der Waals surface area contributed by atoms with Crippen molar-refractivity contribution in [3.05, 3.63) is 29.8 Å². The smallest absolute Gasteiger partial charge is 0.387 e. The standard InChI is InChI=1S/C19H28F2N2O2/c1-3-16(15-6-4-5-7-17(15)25-19(20)21)23-18(24)12-13(2)14-8-10-22-11-9-14/h4-7,13-14,16,19,22H,3,8-12H2,1-2H3,(H,23,24). The van der Waals surface area contributed by atoms with E-state index in [9.17, 15) is 13.6 Å². The number of nitrogens with one attached hydrogen (secondary N) is 2. The summed E-state index contributed by atoms with van der Waals surface area (Å²) in [5.41, 5.74) is 0.591. The van der Waals surface area contributed by atoms with Crippen LogP contribution in [0, 0.1) is 11.8 Å². The van der Waals surface area contributed by atoms with Gasteiger partial charge in [-0.05, 0) is 50.3 Å². The van der Waals surface area contributed by atoms with Gasteiger partial charge >= 0.3 is 6.61 Å². The number of benzene rings is 1. The van der Waals surface area contributed by atoms with Crippen molar-refractivity contribution < 1.29 is 18.3 Å². The Hall–Kier alpha value is -1.69. The summed E-state index contributed by atoms with van der Waals surface area (Å²) in [5, 5.41) is 6.32. The minimum atomic E-state index is -2.88. The monoisotopic (exact) mass is 354 g/mol. The Balaban J connectivity index is 1.98. The van der Waals surface area contributed by atoms with Crippen LogP contribution in [0.2, 0.25) is 0 Å². The van der Waals surface area contributed by atoms with E-state index < -0.39 is 6.61 Å². The second kappa shape index (κ2) is 9.70. The molecule has 1 amide bonds. The summed E-state index contributed by atoms with van der Waals surface area (Å²) in [6, 6.07) is 6.31. The molecule has 0 spiro atoms. The van der Waals surface area contributed by atoms with Crippen LogP contribution < -0.4 is 15.4 Å². The first-order chi connectivity index (χ1) is 12.0. The van der Waals surface area contributed by atoms with Crippen LogP contribution in [0.4, 0.5) is 8.78 Å². The number of hydrogen-bond acceptors (Lipinski definition) is 3. The minimum Gasteiger partial charge on any atom is -0.434 e. The molecule has 0 bridgehead atoms. The molecule has 1 aliphatic heterocycles. The van der Waals surface area contributed by atoms with E-state index in [1.54, 1.807) is 18.2 Å². The van der Waals surface area contributed by atoms with Gasteiger partial charge in [0.1, 0.15) is 5.75 Å². The van der Waals surface area contributed by atoms with Gasteiger partial charge in [0, 0.05) is 12.0 Å². The van der Waals surface area contributed by atoms with Crippen molar-refractivity contribution >= 4 is 5.91 Å². The van der Waals surface area contributed by atoms with Crippen LogP contribution in [0.5, 0.6) is 5.75 Å². The number of para-hydroxylation sites is 1. The van der Waals surface area contributed by atoms with Gasteiger partial charge in [-0.3, -0.25) is 4.79 Å². The third kappa shape index (κ3) is 5.96. The van der Waals surface area contributed by atoms with E-state index in [2.05, 4.69) is 22.3 Å². The van der Waals surface area contributed by atoms with Crippen LogP contribution in [0.25, 0.3) is 0 Å². The van der Waals surface area contributed by atoms with Crippen LogP contribution in [-0.4, -0.2) is 25.6 Å². The van der Waals surface area contributed by atoms with Crippen molar-refractivity contribution in [3.63, 3.8) is 0 Å². The summed E-state index contributed by atoms with van der Waals surface area (Å²) >= 11 is 0. The highest BCUT2D eigenvalue weighted by Crippen LogP contribution is 2.29. The Morgan fingerprint density at radius 2 is 2.00 bits per heavy atom. The van der Waals surface area contributed by atoms with E-state index in [0.29, 0.717) is 30.2 Å². The summed E-state index contributed by atoms with van der Waals surface area (Å²) in [5.74, 6) is 0.953. The topological polar surface area (TPSA) is 50.4 Å². The third-order valence-electron chi connectivity index (χ3n) is 4.95. The Labute approximate surface area is 148 Å². The molecule has 25 heavy (non-hydrogen) atoms. The molecule has 0 saturated carbocycles. The highest BCUT2D eigenvalue weighted by atomic mass is 19.3. The Morgan fingerprint density at radius 3 is 2.64 bits per heavy atom. The highest BCUT2D eigenvalue weighted by Gasteiger charge is 2.24. The highest BCUT2D eigenvalue weighted by molar-refractivity contribution is 5.76. The number of piperidine rings is 1. The van der Waals surface area contributed by atoms with Crippen LogP contribution in [0.15, 0.2) is 24.3 Å². The zero-order valence-corrected chi connectivity index (χ0v) is 14.9. The number of rotatable bonds is 8. The lowest BCUT2D eigenvalue weighted by molar-refractivity contribution is -0.123. The summed E-state index contributed by atoms with van der Waals surface area (Å²) < 4.78 is 29.8. The molecule has 4 nitrogen and oxygen atoms in total. The van der Waals surface area contributed by atoms with Gasteiger partial charge in [0.15, 0.2) is 0 Å². The lowest BCUT2D eigenvalue weighted by atomic mass is 9.84. The number of ether oxygens (including phenoxy) is 1. The zero-order valence-electron chi connectivity index (χ0n) is 14.9. The third-order valence-corrected chi connectivity index (χ3v) is 4.95. The van der Waals surface area contributed by atoms with Gasteiger partial charge in [0.05, 0.1) is 6.04 Å². The second-order valence-corrected chi connectivity index (χ2v) is 6.71. The Bertz CT molecular complexity index is 548. The molecule has 1 saturated heterocycles. The first kappa shape index (κ1) is 19.6. The Morgan fingerprint density at radius 1 is 1.32 bits per heavy atom. The van der Waals surface area contributed by atoms with Gasteiger partial charge in [-0.1, -0.05) is 32.0 Å². The SMILES string of the molecule is CCC(NC(=O)CC(C)C1CCNCC1)c1ccccc1OC(F)F. The van der Waals surface area contributed by atoms with E-state index in [1.807, 2.05) is 6.92 Å². The summed E-state index contributed by atoms with van der Waals surface area (Å²) in [6.45, 7) is 3.17. The van der Waals surface area contributed by atoms with Crippen LogP contribution in [0.3, 0.4) is 0 Å². The molecule has 2 rings (SSSR count). The van der Waals surface area contributed by atoms with Crippen molar-refractivity contribution in [1.29, 1.82) is 0 Å². The molecule has 0 radical (unpaired) electrons. The van der Waals surface area contributed by atoms with Gasteiger partial charge in [-0.25, -0.2) is 0 Å². The average Bonchev–Trinajstić information content (AvgIpc) is 2.60. The first-order valence-corrected chi connectivity index (χ1v) is 9.05. The fourth-order valence-electron chi connectivity index (χ4n) is 3.50. The largest absolute Gasteiger partial charge is 0.434 e. The lowest BCUT2D eigenvalue weighted by Gasteiger charge is -2.28. The molecule has 0 aromatic heterocycles. The summed E-state index contributed by atoms with van der Waals surface area (Å²) in [7, 11) is 0. The number of halogens is 2. The molecule has 2 unspecified atom stereocenters. The predicted octanol–water partition coefficient (Wildman–Crippen LogP) is 3.88. The van der Waals surface area contributed by atoms with Crippen molar-refractivity contribution in [2.75, 3.05) is 13.1 Å². The number of carbonyl (C=O) groups is 1. The molecule has 1 aromatic carbocycles. The number of carbonyl (C=O) groups excluding carboxylic acids is 1. The van der Waals surface area contributed by atoms with Crippen molar-refractivity contribution in [2.45, 2.75) is 52.2 Å². The molecular weight excluding hydrogens is 326 g/mol. The molecule has 1 aromatic rings. The van der Waals surface area contributed by atoms with E-state index >= 15 is 0 Å². The van der Waals surface area contributed by atoms with Crippen molar-refractivity contribution in [2.24, 2.45) is 11.8 Å². The second-order valence-electron chi connectivity index (χ2n) is 6.71.